The molecule has 2 aromatic rings. The van der Waals surface area contributed by atoms with Crippen LogP contribution < -0.4 is 14.8 Å². The van der Waals surface area contributed by atoms with Gasteiger partial charge in [0.15, 0.2) is 11.5 Å². The lowest BCUT2D eigenvalue weighted by atomic mass is 9.95. The van der Waals surface area contributed by atoms with E-state index < -0.39 is 0 Å². The molecule has 0 spiro atoms. The Labute approximate surface area is 173 Å². The molecule has 5 heteroatoms. The first kappa shape index (κ1) is 19.8. The molecule has 0 bridgehead atoms. The monoisotopic (exact) mass is 394 g/mol. The van der Waals surface area contributed by atoms with Gasteiger partial charge in [-0.1, -0.05) is 44.2 Å². The van der Waals surface area contributed by atoms with E-state index in [1.807, 2.05) is 18.2 Å². The zero-order valence-corrected chi connectivity index (χ0v) is 17.3. The van der Waals surface area contributed by atoms with Gasteiger partial charge in [-0.2, -0.15) is 0 Å². The molecule has 1 unspecified atom stereocenters. The Kier molecular flexibility index (Phi) is 6.05. The highest BCUT2D eigenvalue weighted by Gasteiger charge is 2.23. The van der Waals surface area contributed by atoms with E-state index in [-0.39, 0.29) is 17.9 Å². The van der Waals surface area contributed by atoms with Crippen molar-refractivity contribution in [2.75, 3.05) is 26.3 Å². The summed E-state index contributed by atoms with van der Waals surface area (Å²) >= 11 is 0. The number of hydrogen-bond donors (Lipinski definition) is 1. The maximum Gasteiger partial charge on any atom is 0.234 e. The Balaban J connectivity index is 1.42. The van der Waals surface area contributed by atoms with E-state index in [0.717, 1.165) is 43.0 Å². The molecule has 2 aliphatic heterocycles. The van der Waals surface area contributed by atoms with E-state index in [1.165, 1.54) is 11.1 Å². The quantitative estimate of drug-likeness (QED) is 0.840. The fourth-order valence-corrected chi connectivity index (χ4v) is 4.12. The van der Waals surface area contributed by atoms with Crippen molar-refractivity contribution in [3.05, 3.63) is 59.2 Å². The lowest BCUT2D eigenvalue weighted by molar-refractivity contribution is -0.123. The molecule has 0 saturated heterocycles. The molecule has 1 amide bonds. The van der Waals surface area contributed by atoms with E-state index in [0.29, 0.717) is 19.8 Å². The van der Waals surface area contributed by atoms with Crippen LogP contribution in [0.2, 0.25) is 0 Å². The van der Waals surface area contributed by atoms with Crippen LogP contribution in [0.5, 0.6) is 11.5 Å². The number of carbonyl (C=O) groups is 1. The summed E-state index contributed by atoms with van der Waals surface area (Å²) in [6.07, 6.45) is 1.88. The first-order chi connectivity index (χ1) is 14.1. The molecule has 1 N–H and O–H groups in total. The summed E-state index contributed by atoms with van der Waals surface area (Å²) in [6.45, 7) is 7.76. The summed E-state index contributed by atoms with van der Waals surface area (Å²) in [5.41, 5.74) is 3.79. The minimum atomic E-state index is -0.0586. The zero-order chi connectivity index (χ0) is 20.2. The van der Waals surface area contributed by atoms with Gasteiger partial charge in [-0.15, -0.1) is 0 Å². The van der Waals surface area contributed by atoms with Gasteiger partial charge in [0.2, 0.25) is 5.91 Å². The van der Waals surface area contributed by atoms with Crippen LogP contribution in [0.25, 0.3) is 0 Å². The molecule has 0 aliphatic carbocycles. The summed E-state index contributed by atoms with van der Waals surface area (Å²) in [4.78, 5) is 15.1. The van der Waals surface area contributed by atoms with Gasteiger partial charge in [0, 0.05) is 19.5 Å². The Bertz CT molecular complexity index is 865. The van der Waals surface area contributed by atoms with Crippen LogP contribution >= 0.6 is 0 Å². The van der Waals surface area contributed by atoms with Crippen molar-refractivity contribution in [1.82, 2.24) is 10.2 Å². The topological polar surface area (TPSA) is 50.8 Å². The molecule has 0 aromatic heterocycles. The van der Waals surface area contributed by atoms with Crippen LogP contribution in [0.15, 0.2) is 42.5 Å². The molecule has 0 fully saturated rings. The summed E-state index contributed by atoms with van der Waals surface area (Å²) in [5, 5.41) is 3.25. The van der Waals surface area contributed by atoms with Crippen LogP contribution in [0.4, 0.5) is 0 Å². The van der Waals surface area contributed by atoms with Gasteiger partial charge in [-0.05, 0) is 41.2 Å². The Morgan fingerprint density at radius 1 is 1.07 bits per heavy atom. The van der Waals surface area contributed by atoms with Crippen LogP contribution in [0.1, 0.15) is 43.0 Å². The molecule has 0 saturated carbocycles. The molecule has 4 rings (SSSR count). The predicted octanol–water partition coefficient (Wildman–Crippen LogP) is 3.72. The summed E-state index contributed by atoms with van der Waals surface area (Å²) < 4.78 is 11.6. The second-order valence-electron chi connectivity index (χ2n) is 8.28. The lowest BCUT2D eigenvalue weighted by Crippen LogP contribution is -2.42. The normalized spacial score (nSPS) is 17.3. The van der Waals surface area contributed by atoms with Crippen molar-refractivity contribution in [3.8, 4) is 11.5 Å². The van der Waals surface area contributed by atoms with Crippen molar-refractivity contribution in [1.29, 1.82) is 0 Å². The molecule has 5 nitrogen and oxygen atoms in total. The molecule has 29 heavy (non-hydrogen) atoms. The number of hydrogen-bond acceptors (Lipinski definition) is 4. The first-order valence-corrected chi connectivity index (χ1v) is 10.6. The summed E-state index contributed by atoms with van der Waals surface area (Å²) in [7, 11) is 0. The highest BCUT2D eigenvalue weighted by molar-refractivity contribution is 5.78. The smallest absolute Gasteiger partial charge is 0.234 e. The van der Waals surface area contributed by atoms with Gasteiger partial charge in [0.05, 0.1) is 25.8 Å². The SMILES string of the molecule is CC(C)C(NC(=O)CN1CCc2ccccc2C1)c1ccc2c(c1)OCCCO2. The minimum Gasteiger partial charge on any atom is -0.490 e. The molecule has 1 atom stereocenters. The van der Waals surface area contributed by atoms with Crippen LogP contribution in [0.3, 0.4) is 0 Å². The minimum absolute atomic E-state index is 0.0586. The van der Waals surface area contributed by atoms with E-state index in [1.54, 1.807) is 0 Å². The van der Waals surface area contributed by atoms with E-state index in [9.17, 15) is 4.79 Å². The van der Waals surface area contributed by atoms with Crippen molar-refractivity contribution in [2.24, 2.45) is 5.92 Å². The van der Waals surface area contributed by atoms with Crippen LogP contribution in [-0.4, -0.2) is 37.1 Å². The fourth-order valence-electron chi connectivity index (χ4n) is 4.12. The maximum atomic E-state index is 12.8. The number of nitrogens with zero attached hydrogens (tertiary/aromatic N) is 1. The Morgan fingerprint density at radius 3 is 2.62 bits per heavy atom. The van der Waals surface area contributed by atoms with Crippen LogP contribution in [-0.2, 0) is 17.8 Å². The third kappa shape index (κ3) is 4.73. The van der Waals surface area contributed by atoms with Crippen LogP contribution in [0, 0.1) is 5.92 Å². The molecule has 2 heterocycles. The van der Waals surface area contributed by atoms with E-state index in [4.69, 9.17) is 9.47 Å². The number of ether oxygens (including phenoxy) is 2. The Hall–Kier alpha value is -2.53. The van der Waals surface area contributed by atoms with E-state index in [2.05, 4.69) is 48.3 Å². The van der Waals surface area contributed by atoms with Gasteiger partial charge in [0.1, 0.15) is 0 Å². The number of fused-ring (bicyclic) bond motifs is 2. The number of amides is 1. The standard InChI is InChI=1S/C24H30N2O3/c1-17(2)24(19-8-9-21-22(14-19)29-13-5-12-28-21)25-23(27)16-26-11-10-18-6-3-4-7-20(18)15-26/h3-4,6-9,14,17,24H,5,10-13,15-16H2,1-2H3,(H,25,27). The van der Waals surface area contributed by atoms with Gasteiger partial charge in [-0.25, -0.2) is 0 Å². The van der Waals surface area contributed by atoms with E-state index >= 15 is 0 Å². The predicted molar refractivity (Wildman–Crippen MR) is 113 cm³/mol. The second-order valence-corrected chi connectivity index (χ2v) is 8.28. The summed E-state index contributed by atoms with van der Waals surface area (Å²) in [5.74, 6) is 1.89. The number of rotatable bonds is 5. The largest absolute Gasteiger partial charge is 0.490 e. The highest BCUT2D eigenvalue weighted by atomic mass is 16.5. The third-order valence-electron chi connectivity index (χ3n) is 5.69. The van der Waals surface area contributed by atoms with Crippen molar-refractivity contribution >= 4 is 5.91 Å². The molecular weight excluding hydrogens is 364 g/mol. The third-order valence-corrected chi connectivity index (χ3v) is 5.69. The first-order valence-electron chi connectivity index (χ1n) is 10.6. The second kappa shape index (κ2) is 8.87. The average Bonchev–Trinajstić information content (AvgIpc) is 2.96. The van der Waals surface area contributed by atoms with Gasteiger partial charge in [0.25, 0.3) is 0 Å². The molecule has 154 valence electrons. The average molecular weight is 395 g/mol. The highest BCUT2D eigenvalue weighted by Crippen LogP contribution is 2.34. The number of nitrogens with one attached hydrogen (secondary N) is 1. The van der Waals surface area contributed by atoms with Crippen molar-refractivity contribution < 1.29 is 14.3 Å². The molecule has 2 aromatic carbocycles. The summed E-state index contributed by atoms with van der Waals surface area (Å²) in [6, 6.07) is 14.5. The van der Waals surface area contributed by atoms with Crippen molar-refractivity contribution in [2.45, 2.75) is 39.3 Å². The fraction of sp³-hybridized carbons (Fsp3) is 0.458. The van der Waals surface area contributed by atoms with Gasteiger partial charge in [-0.3, -0.25) is 9.69 Å². The number of carbonyl (C=O) groups excluding carboxylic acids is 1. The molecule has 0 radical (unpaired) electrons. The number of benzene rings is 2. The molecular formula is C24H30N2O3. The Morgan fingerprint density at radius 2 is 1.83 bits per heavy atom. The van der Waals surface area contributed by atoms with Gasteiger partial charge >= 0.3 is 0 Å². The molecule has 2 aliphatic rings. The lowest BCUT2D eigenvalue weighted by Gasteiger charge is -2.30. The maximum absolute atomic E-state index is 12.8. The van der Waals surface area contributed by atoms with Crippen molar-refractivity contribution in [3.63, 3.8) is 0 Å². The van der Waals surface area contributed by atoms with Gasteiger partial charge < -0.3 is 14.8 Å². The zero-order valence-electron chi connectivity index (χ0n) is 17.3.